The summed E-state index contributed by atoms with van der Waals surface area (Å²) in [6.07, 6.45) is 2.35. The zero-order valence-electron chi connectivity index (χ0n) is 13.1. The van der Waals surface area contributed by atoms with E-state index in [1.165, 1.54) is 0 Å². The van der Waals surface area contributed by atoms with Crippen molar-refractivity contribution in [1.29, 1.82) is 0 Å². The highest BCUT2D eigenvalue weighted by Gasteiger charge is 2.46. The fourth-order valence-electron chi connectivity index (χ4n) is 2.18. The van der Waals surface area contributed by atoms with Crippen molar-refractivity contribution in [2.24, 2.45) is 0 Å². The van der Waals surface area contributed by atoms with E-state index in [1.807, 2.05) is 0 Å². The molecule has 6 nitrogen and oxygen atoms in total. The van der Waals surface area contributed by atoms with E-state index in [1.54, 1.807) is 13.8 Å². The van der Waals surface area contributed by atoms with E-state index in [2.05, 4.69) is 6.92 Å². The van der Waals surface area contributed by atoms with Crippen molar-refractivity contribution in [2.75, 3.05) is 13.2 Å². The Labute approximate surface area is 126 Å². The minimum Gasteiger partial charge on any atom is -0.464 e. The van der Waals surface area contributed by atoms with Gasteiger partial charge in [0.2, 0.25) is 0 Å². The van der Waals surface area contributed by atoms with Gasteiger partial charge in [0.05, 0.1) is 13.2 Å². The van der Waals surface area contributed by atoms with Crippen molar-refractivity contribution in [1.82, 2.24) is 0 Å². The Hall–Kier alpha value is -1.14. The van der Waals surface area contributed by atoms with E-state index in [9.17, 15) is 9.59 Å². The van der Waals surface area contributed by atoms with E-state index in [0.717, 1.165) is 25.7 Å². The lowest BCUT2D eigenvalue weighted by atomic mass is 10.1. The van der Waals surface area contributed by atoms with Crippen LogP contribution in [0.3, 0.4) is 0 Å². The molecule has 0 bridgehead atoms. The van der Waals surface area contributed by atoms with Gasteiger partial charge in [-0.05, 0) is 26.7 Å². The van der Waals surface area contributed by atoms with Crippen molar-refractivity contribution in [2.45, 2.75) is 71.4 Å². The first-order valence-electron chi connectivity index (χ1n) is 7.78. The Morgan fingerprint density at radius 3 is 1.81 bits per heavy atom. The molecule has 1 aliphatic heterocycles. The minimum atomic E-state index is -1.03. The third kappa shape index (κ3) is 5.63. The van der Waals surface area contributed by atoms with Gasteiger partial charge in [-0.3, -0.25) is 0 Å². The van der Waals surface area contributed by atoms with Gasteiger partial charge in [-0.2, -0.15) is 0 Å². The van der Waals surface area contributed by atoms with E-state index in [0.29, 0.717) is 6.42 Å². The minimum absolute atomic E-state index is 0.232. The number of esters is 2. The van der Waals surface area contributed by atoms with Crippen molar-refractivity contribution < 1.29 is 28.5 Å². The van der Waals surface area contributed by atoms with Gasteiger partial charge in [-0.25, -0.2) is 9.59 Å². The lowest BCUT2D eigenvalue weighted by Crippen LogP contribution is -2.39. The molecule has 6 heteroatoms. The highest BCUT2D eigenvalue weighted by Crippen LogP contribution is 2.25. The first-order chi connectivity index (χ1) is 10.1. The molecule has 1 unspecified atom stereocenters. The van der Waals surface area contributed by atoms with Gasteiger partial charge in [0.15, 0.2) is 18.5 Å². The predicted molar refractivity (Wildman–Crippen MR) is 75.6 cm³/mol. The first kappa shape index (κ1) is 17.9. The van der Waals surface area contributed by atoms with Crippen LogP contribution in [-0.2, 0) is 28.5 Å². The van der Waals surface area contributed by atoms with Crippen LogP contribution < -0.4 is 0 Å². The second kappa shape index (κ2) is 9.73. The summed E-state index contributed by atoms with van der Waals surface area (Å²) < 4.78 is 20.9. The summed E-state index contributed by atoms with van der Waals surface area (Å²) in [7, 11) is 0. The highest BCUT2D eigenvalue weighted by atomic mass is 16.8. The maximum atomic E-state index is 11.9. The molecule has 0 N–H and O–H groups in total. The molecule has 1 heterocycles. The summed E-state index contributed by atoms with van der Waals surface area (Å²) in [5, 5.41) is 0. The van der Waals surface area contributed by atoms with Crippen molar-refractivity contribution in [3.8, 4) is 0 Å². The molecule has 0 aromatic heterocycles. The second-order valence-corrected chi connectivity index (χ2v) is 4.90. The molecule has 0 aromatic rings. The quantitative estimate of drug-likeness (QED) is 0.480. The maximum absolute atomic E-state index is 11.9. The molecule has 1 saturated heterocycles. The van der Waals surface area contributed by atoms with Crippen LogP contribution in [-0.4, -0.2) is 43.7 Å². The molecular weight excluding hydrogens is 276 g/mol. The molecule has 21 heavy (non-hydrogen) atoms. The second-order valence-electron chi connectivity index (χ2n) is 4.90. The van der Waals surface area contributed by atoms with Gasteiger partial charge in [0.1, 0.15) is 0 Å². The standard InChI is InChI=1S/C15H26O6/c1-4-7-8-9-10-11-20-12(14(16)18-5-2)13(21-11)15(17)19-6-3/h11-13H,4-10H2,1-3H3/t11?,12-,13+. The van der Waals surface area contributed by atoms with Crippen LogP contribution in [0.5, 0.6) is 0 Å². The highest BCUT2D eigenvalue weighted by molar-refractivity contribution is 5.86. The van der Waals surface area contributed by atoms with Gasteiger partial charge in [0.25, 0.3) is 0 Å². The molecular formula is C15H26O6. The van der Waals surface area contributed by atoms with Crippen LogP contribution in [0.1, 0.15) is 52.9 Å². The van der Waals surface area contributed by atoms with E-state index in [4.69, 9.17) is 18.9 Å². The van der Waals surface area contributed by atoms with Crippen molar-refractivity contribution in [3.63, 3.8) is 0 Å². The summed E-state index contributed by atoms with van der Waals surface area (Å²) in [6, 6.07) is 0. The fourth-order valence-corrected chi connectivity index (χ4v) is 2.18. The molecule has 0 amide bonds. The Morgan fingerprint density at radius 1 is 0.857 bits per heavy atom. The number of ether oxygens (including phenoxy) is 4. The Kier molecular flexibility index (Phi) is 8.30. The molecule has 0 aliphatic carbocycles. The first-order valence-corrected chi connectivity index (χ1v) is 7.78. The number of hydrogen-bond donors (Lipinski definition) is 0. The summed E-state index contributed by atoms with van der Waals surface area (Å²) in [6.45, 7) is 6.01. The summed E-state index contributed by atoms with van der Waals surface area (Å²) in [5.41, 5.74) is 0. The van der Waals surface area contributed by atoms with Crippen LogP contribution in [0, 0.1) is 0 Å². The van der Waals surface area contributed by atoms with Gasteiger partial charge < -0.3 is 18.9 Å². The third-order valence-electron chi connectivity index (χ3n) is 3.20. The average Bonchev–Trinajstić information content (AvgIpc) is 2.88. The number of unbranched alkanes of at least 4 members (excludes halogenated alkanes) is 3. The molecule has 0 spiro atoms. The van der Waals surface area contributed by atoms with Crippen LogP contribution in [0.2, 0.25) is 0 Å². The normalized spacial score (nSPS) is 24.8. The lowest BCUT2D eigenvalue weighted by molar-refractivity contribution is -0.163. The molecule has 0 saturated carbocycles. The number of carbonyl (C=O) groups is 2. The van der Waals surface area contributed by atoms with Gasteiger partial charge in [-0.1, -0.05) is 26.2 Å². The van der Waals surface area contributed by atoms with Crippen LogP contribution in [0.4, 0.5) is 0 Å². The third-order valence-corrected chi connectivity index (χ3v) is 3.20. The largest absolute Gasteiger partial charge is 0.464 e. The SMILES string of the molecule is CCCCCCC1O[C@H](C(=O)OCC)[C@H](C(=O)OCC)O1. The summed E-state index contributed by atoms with van der Waals surface area (Å²) in [4.78, 5) is 23.7. The zero-order valence-corrected chi connectivity index (χ0v) is 13.1. The molecule has 122 valence electrons. The Morgan fingerprint density at radius 2 is 1.38 bits per heavy atom. The molecule has 0 aromatic carbocycles. The summed E-state index contributed by atoms with van der Waals surface area (Å²) in [5.74, 6) is -1.15. The molecule has 0 radical (unpaired) electrons. The number of carbonyl (C=O) groups excluding carboxylic acids is 2. The van der Waals surface area contributed by atoms with Crippen molar-refractivity contribution >= 4 is 11.9 Å². The van der Waals surface area contributed by atoms with Crippen molar-refractivity contribution in [3.05, 3.63) is 0 Å². The van der Waals surface area contributed by atoms with Crippen LogP contribution in [0.25, 0.3) is 0 Å². The average molecular weight is 302 g/mol. The maximum Gasteiger partial charge on any atom is 0.338 e. The molecule has 1 fully saturated rings. The van der Waals surface area contributed by atoms with Crippen LogP contribution in [0.15, 0.2) is 0 Å². The Balaban J connectivity index is 2.56. The topological polar surface area (TPSA) is 71.1 Å². The number of rotatable bonds is 9. The summed E-state index contributed by atoms with van der Waals surface area (Å²) >= 11 is 0. The zero-order chi connectivity index (χ0) is 15.7. The smallest absolute Gasteiger partial charge is 0.338 e. The van der Waals surface area contributed by atoms with Gasteiger partial charge in [-0.15, -0.1) is 0 Å². The molecule has 1 rings (SSSR count). The van der Waals surface area contributed by atoms with Gasteiger partial charge >= 0.3 is 11.9 Å². The van der Waals surface area contributed by atoms with Crippen LogP contribution >= 0.6 is 0 Å². The molecule has 1 aliphatic rings. The van der Waals surface area contributed by atoms with E-state index in [-0.39, 0.29) is 13.2 Å². The molecule has 3 atom stereocenters. The fraction of sp³-hybridized carbons (Fsp3) is 0.867. The monoisotopic (exact) mass is 302 g/mol. The lowest BCUT2D eigenvalue weighted by Gasteiger charge is -2.13. The Bertz CT molecular complexity index is 304. The van der Waals surface area contributed by atoms with E-state index < -0.39 is 30.4 Å². The number of hydrogen-bond acceptors (Lipinski definition) is 6. The van der Waals surface area contributed by atoms with Gasteiger partial charge in [0, 0.05) is 0 Å². The predicted octanol–water partition coefficient (Wildman–Crippen LogP) is 2.19. The van der Waals surface area contributed by atoms with E-state index >= 15 is 0 Å².